The van der Waals surface area contributed by atoms with Crippen molar-refractivity contribution in [3.63, 3.8) is 0 Å². The third kappa shape index (κ3) is 2.82. The third-order valence-corrected chi connectivity index (χ3v) is 4.91. The van der Waals surface area contributed by atoms with Crippen molar-refractivity contribution >= 4 is 21.8 Å². The Morgan fingerprint density at radius 3 is 2.35 bits per heavy atom. The molecule has 0 aromatic heterocycles. The zero-order chi connectivity index (χ0) is 14.8. The fourth-order valence-electron chi connectivity index (χ4n) is 2.33. The molecule has 2 rings (SSSR count). The summed E-state index contributed by atoms with van der Waals surface area (Å²) in [5.74, 6) is -3.47. The van der Waals surface area contributed by atoms with E-state index < -0.39 is 15.6 Å². The summed E-state index contributed by atoms with van der Waals surface area (Å²) in [6, 6.07) is 5.77. The lowest BCUT2D eigenvalue weighted by molar-refractivity contribution is -0.111. The van der Waals surface area contributed by atoms with Crippen LogP contribution in [0.5, 0.6) is 0 Å². The van der Waals surface area contributed by atoms with Crippen LogP contribution in [0, 0.1) is 5.92 Å². The monoisotopic (exact) mass is 303 g/mol. The molecule has 1 aromatic carbocycles. The molecule has 1 saturated heterocycles. The highest BCUT2D eigenvalue weighted by Gasteiger charge is 2.31. The molecule has 0 spiro atoms. The van der Waals surface area contributed by atoms with Crippen LogP contribution >= 0.6 is 0 Å². The van der Waals surface area contributed by atoms with Crippen molar-refractivity contribution in [3.8, 4) is 0 Å². The molecule has 0 N–H and O–H groups in total. The van der Waals surface area contributed by atoms with E-state index >= 15 is 0 Å². The van der Waals surface area contributed by atoms with Gasteiger partial charge in [-0.1, -0.05) is 12.1 Å². The van der Waals surface area contributed by atoms with Gasteiger partial charge in [0.05, 0.1) is 10.6 Å². The highest BCUT2D eigenvalue weighted by Crippen LogP contribution is 2.31. The first-order chi connectivity index (χ1) is 9.46. The number of anilines is 1. The van der Waals surface area contributed by atoms with E-state index in [9.17, 15) is 22.0 Å². The minimum atomic E-state index is -4.62. The minimum absolute atomic E-state index is 0.0369. The summed E-state index contributed by atoms with van der Waals surface area (Å²) in [4.78, 5) is 12.1. The standard InChI is InChI=1S/C13H15F2NO3S/c14-13(15)20(18,19)12-4-2-1-3-11(12)16-7-5-10(9-17)6-8-16/h1-4,9-10,13H,5-8H2. The van der Waals surface area contributed by atoms with Crippen LogP contribution < -0.4 is 4.90 Å². The molecule has 0 unspecified atom stereocenters. The summed E-state index contributed by atoms with van der Waals surface area (Å²) < 4.78 is 48.8. The number of rotatable bonds is 4. The van der Waals surface area contributed by atoms with Gasteiger partial charge in [0, 0.05) is 19.0 Å². The minimum Gasteiger partial charge on any atom is -0.370 e. The van der Waals surface area contributed by atoms with E-state index in [0.717, 1.165) is 6.29 Å². The topological polar surface area (TPSA) is 54.5 Å². The maximum Gasteiger partial charge on any atom is 0.341 e. The molecule has 0 saturated carbocycles. The van der Waals surface area contributed by atoms with E-state index in [0.29, 0.717) is 25.9 Å². The van der Waals surface area contributed by atoms with Crippen molar-refractivity contribution in [2.24, 2.45) is 5.92 Å². The molecule has 4 nitrogen and oxygen atoms in total. The number of piperidine rings is 1. The lowest BCUT2D eigenvalue weighted by Crippen LogP contribution is -2.35. The molecule has 1 aliphatic rings. The van der Waals surface area contributed by atoms with Gasteiger partial charge in [0.15, 0.2) is 0 Å². The smallest absolute Gasteiger partial charge is 0.341 e. The Labute approximate surface area is 116 Å². The normalized spacial score (nSPS) is 17.4. The Bertz CT molecular complexity index is 581. The zero-order valence-corrected chi connectivity index (χ0v) is 11.5. The van der Waals surface area contributed by atoms with E-state index in [1.54, 1.807) is 11.0 Å². The Morgan fingerprint density at radius 2 is 1.80 bits per heavy atom. The molecule has 0 bridgehead atoms. The first-order valence-corrected chi connectivity index (χ1v) is 7.82. The number of sulfone groups is 1. The average Bonchev–Trinajstić information content (AvgIpc) is 2.47. The number of carbonyl (C=O) groups excluding carboxylic acids is 1. The molecule has 20 heavy (non-hydrogen) atoms. The number of hydrogen-bond donors (Lipinski definition) is 0. The fourth-order valence-corrected chi connectivity index (χ4v) is 3.28. The summed E-state index contributed by atoms with van der Waals surface area (Å²) in [5, 5.41) is 0. The molecule has 0 amide bonds. The molecule has 1 heterocycles. The highest BCUT2D eigenvalue weighted by atomic mass is 32.2. The van der Waals surface area contributed by atoms with E-state index in [4.69, 9.17) is 0 Å². The largest absolute Gasteiger partial charge is 0.370 e. The molecular weight excluding hydrogens is 288 g/mol. The van der Waals surface area contributed by atoms with Gasteiger partial charge in [-0.05, 0) is 25.0 Å². The van der Waals surface area contributed by atoms with E-state index in [2.05, 4.69) is 0 Å². The Balaban J connectivity index is 2.32. The van der Waals surface area contributed by atoms with Crippen molar-refractivity contribution in [2.75, 3.05) is 18.0 Å². The number of aldehydes is 1. The second-order valence-corrected chi connectivity index (χ2v) is 6.62. The number of alkyl halides is 2. The van der Waals surface area contributed by atoms with Crippen LogP contribution in [-0.4, -0.2) is 33.6 Å². The van der Waals surface area contributed by atoms with Gasteiger partial charge in [-0.15, -0.1) is 0 Å². The Hall–Kier alpha value is -1.50. The summed E-state index contributed by atoms with van der Waals surface area (Å²) >= 11 is 0. The SMILES string of the molecule is O=CC1CCN(c2ccccc2S(=O)(=O)C(F)F)CC1. The molecule has 1 aromatic rings. The van der Waals surface area contributed by atoms with Crippen LogP contribution in [0.3, 0.4) is 0 Å². The first-order valence-electron chi connectivity index (χ1n) is 6.28. The summed E-state index contributed by atoms with van der Waals surface area (Å²) in [7, 11) is -4.62. The van der Waals surface area contributed by atoms with Gasteiger partial charge in [-0.2, -0.15) is 8.78 Å². The molecule has 110 valence electrons. The van der Waals surface area contributed by atoms with Gasteiger partial charge >= 0.3 is 5.76 Å². The van der Waals surface area contributed by atoms with Crippen LogP contribution in [0.4, 0.5) is 14.5 Å². The molecular formula is C13H15F2NO3S. The quantitative estimate of drug-likeness (QED) is 0.799. The fraction of sp³-hybridized carbons (Fsp3) is 0.462. The van der Waals surface area contributed by atoms with Crippen molar-refractivity contribution in [1.29, 1.82) is 0 Å². The van der Waals surface area contributed by atoms with Crippen LogP contribution in [-0.2, 0) is 14.6 Å². The number of carbonyl (C=O) groups is 1. The number of hydrogen-bond acceptors (Lipinski definition) is 4. The second kappa shape index (κ2) is 5.87. The average molecular weight is 303 g/mol. The van der Waals surface area contributed by atoms with E-state index in [1.165, 1.54) is 18.2 Å². The zero-order valence-electron chi connectivity index (χ0n) is 10.7. The van der Waals surface area contributed by atoms with Crippen molar-refractivity contribution in [2.45, 2.75) is 23.5 Å². The van der Waals surface area contributed by atoms with Crippen LogP contribution in [0.2, 0.25) is 0 Å². The highest BCUT2D eigenvalue weighted by molar-refractivity contribution is 7.91. The van der Waals surface area contributed by atoms with E-state index in [-0.39, 0.29) is 16.5 Å². The van der Waals surface area contributed by atoms with Crippen LogP contribution in [0.25, 0.3) is 0 Å². The maximum atomic E-state index is 12.7. The van der Waals surface area contributed by atoms with Crippen LogP contribution in [0.15, 0.2) is 29.2 Å². The summed E-state index contributed by atoms with van der Waals surface area (Å²) in [6.45, 7) is 0.971. The Kier molecular flexibility index (Phi) is 4.37. The Morgan fingerprint density at radius 1 is 1.20 bits per heavy atom. The lowest BCUT2D eigenvalue weighted by Gasteiger charge is -2.32. The first kappa shape index (κ1) is 14.9. The summed E-state index contributed by atoms with van der Waals surface area (Å²) in [6.07, 6.45) is 2.10. The van der Waals surface area contributed by atoms with Gasteiger partial charge < -0.3 is 9.69 Å². The molecule has 0 radical (unpaired) electrons. The number of benzene rings is 1. The lowest BCUT2D eigenvalue weighted by atomic mass is 9.98. The summed E-state index contributed by atoms with van der Waals surface area (Å²) in [5.41, 5.74) is 0.289. The van der Waals surface area contributed by atoms with Gasteiger partial charge in [-0.25, -0.2) is 8.42 Å². The predicted molar refractivity (Wildman–Crippen MR) is 70.6 cm³/mol. The molecule has 1 fully saturated rings. The van der Waals surface area contributed by atoms with Crippen molar-refractivity contribution in [1.82, 2.24) is 0 Å². The van der Waals surface area contributed by atoms with Crippen molar-refractivity contribution < 1.29 is 22.0 Å². The second-order valence-electron chi connectivity index (χ2n) is 4.73. The third-order valence-electron chi connectivity index (χ3n) is 3.48. The molecule has 1 aliphatic heterocycles. The molecule has 7 heteroatoms. The van der Waals surface area contributed by atoms with Crippen molar-refractivity contribution in [3.05, 3.63) is 24.3 Å². The van der Waals surface area contributed by atoms with Gasteiger partial charge in [0.1, 0.15) is 6.29 Å². The predicted octanol–water partition coefficient (Wildman–Crippen LogP) is 2.10. The maximum absolute atomic E-state index is 12.7. The molecule has 0 atom stereocenters. The van der Waals surface area contributed by atoms with Gasteiger partial charge in [0.25, 0.3) is 0 Å². The molecule has 0 aliphatic carbocycles. The van der Waals surface area contributed by atoms with Gasteiger partial charge in [-0.3, -0.25) is 0 Å². The number of nitrogens with zero attached hydrogens (tertiary/aromatic N) is 1. The number of halogens is 2. The number of para-hydroxylation sites is 1. The van der Waals surface area contributed by atoms with Crippen LogP contribution in [0.1, 0.15) is 12.8 Å². The van der Waals surface area contributed by atoms with E-state index in [1.807, 2.05) is 0 Å². The van der Waals surface area contributed by atoms with Gasteiger partial charge in [0.2, 0.25) is 9.84 Å².